The van der Waals surface area contributed by atoms with E-state index >= 15 is 0 Å². The van der Waals surface area contributed by atoms with E-state index < -0.39 is 0 Å². The third-order valence-corrected chi connectivity index (χ3v) is 4.19. The second kappa shape index (κ2) is 4.27. The maximum atomic E-state index is 10.7. The predicted octanol–water partition coefficient (Wildman–Crippen LogP) is 3.73. The summed E-state index contributed by atoms with van der Waals surface area (Å²) < 4.78 is 0. The summed E-state index contributed by atoms with van der Waals surface area (Å²) in [6, 6.07) is 4.13. The number of hydrogen-bond acceptors (Lipinski definition) is 2. The van der Waals surface area contributed by atoms with Gasteiger partial charge in [0.05, 0.1) is 0 Å². The minimum Gasteiger partial charge on any atom is -0.507 e. The number of aromatic hydroxyl groups is 1. The molecule has 0 amide bonds. The van der Waals surface area contributed by atoms with Gasteiger partial charge in [0, 0.05) is 11.1 Å². The maximum absolute atomic E-state index is 10.7. The van der Waals surface area contributed by atoms with Gasteiger partial charge in [-0.3, -0.25) is 0 Å². The molecule has 18 heavy (non-hydrogen) atoms. The first-order valence-electron chi connectivity index (χ1n) is 6.88. The molecule has 1 aliphatic carbocycles. The largest absolute Gasteiger partial charge is 0.507 e. The fourth-order valence-corrected chi connectivity index (χ4v) is 3.18. The molecule has 2 rings (SSSR count). The zero-order valence-electron chi connectivity index (χ0n) is 12.0. The van der Waals surface area contributed by atoms with Crippen molar-refractivity contribution < 1.29 is 5.11 Å². The summed E-state index contributed by atoms with van der Waals surface area (Å²) in [5.41, 5.74) is 9.25. The molecule has 0 spiro atoms. The Kier molecular flexibility index (Phi) is 3.18. The SMILES string of the molecule is Cc1ccc(C(C)(C)C)c(O)c1C1(N)CCCC1. The van der Waals surface area contributed by atoms with Crippen molar-refractivity contribution in [3.8, 4) is 5.75 Å². The number of aryl methyl sites for hydroxylation is 1. The molecule has 0 heterocycles. The Morgan fingerprint density at radius 2 is 1.72 bits per heavy atom. The molecule has 3 N–H and O–H groups in total. The van der Waals surface area contributed by atoms with Gasteiger partial charge < -0.3 is 10.8 Å². The number of benzene rings is 1. The van der Waals surface area contributed by atoms with Crippen LogP contribution in [-0.2, 0) is 11.0 Å². The molecule has 1 aliphatic rings. The highest BCUT2D eigenvalue weighted by atomic mass is 16.3. The number of phenols is 1. The van der Waals surface area contributed by atoms with E-state index in [1.165, 1.54) is 0 Å². The van der Waals surface area contributed by atoms with Crippen LogP contribution in [0.2, 0.25) is 0 Å². The molecule has 0 unspecified atom stereocenters. The van der Waals surface area contributed by atoms with Crippen molar-refractivity contribution in [2.75, 3.05) is 0 Å². The molecule has 0 saturated heterocycles. The summed E-state index contributed by atoms with van der Waals surface area (Å²) in [7, 11) is 0. The maximum Gasteiger partial charge on any atom is 0.124 e. The Hall–Kier alpha value is -1.02. The molecule has 2 nitrogen and oxygen atoms in total. The van der Waals surface area contributed by atoms with Crippen LogP contribution in [0, 0.1) is 6.92 Å². The molecule has 0 atom stereocenters. The van der Waals surface area contributed by atoms with Crippen LogP contribution >= 0.6 is 0 Å². The lowest BCUT2D eigenvalue weighted by molar-refractivity contribution is 0.394. The van der Waals surface area contributed by atoms with E-state index in [4.69, 9.17) is 5.73 Å². The molecule has 0 radical (unpaired) electrons. The van der Waals surface area contributed by atoms with Crippen molar-refractivity contribution in [1.29, 1.82) is 0 Å². The Bertz CT molecular complexity index is 451. The average molecular weight is 247 g/mol. The van der Waals surface area contributed by atoms with Gasteiger partial charge in [0.15, 0.2) is 0 Å². The molecule has 0 aromatic heterocycles. The molecule has 1 aromatic carbocycles. The van der Waals surface area contributed by atoms with Gasteiger partial charge in [-0.25, -0.2) is 0 Å². The Morgan fingerprint density at radius 3 is 2.22 bits per heavy atom. The quantitative estimate of drug-likeness (QED) is 0.794. The molecular weight excluding hydrogens is 222 g/mol. The second-order valence-corrected chi connectivity index (χ2v) is 6.77. The van der Waals surface area contributed by atoms with Crippen LogP contribution < -0.4 is 5.73 Å². The van der Waals surface area contributed by atoms with E-state index in [1.807, 2.05) is 6.07 Å². The van der Waals surface area contributed by atoms with Gasteiger partial charge in [-0.05, 0) is 36.3 Å². The molecule has 0 aliphatic heterocycles. The third kappa shape index (κ3) is 2.14. The summed E-state index contributed by atoms with van der Waals surface area (Å²) >= 11 is 0. The highest BCUT2D eigenvalue weighted by Crippen LogP contribution is 2.45. The minimum atomic E-state index is -0.324. The summed E-state index contributed by atoms with van der Waals surface area (Å²) in [5.74, 6) is 0.423. The number of nitrogens with two attached hydrogens (primary N) is 1. The van der Waals surface area contributed by atoms with Gasteiger partial charge in [-0.15, -0.1) is 0 Å². The van der Waals surface area contributed by atoms with Crippen molar-refractivity contribution >= 4 is 0 Å². The summed E-state index contributed by atoms with van der Waals surface area (Å²) in [6.45, 7) is 8.42. The normalized spacial score (nSPS) is 19.2. The first-order chi connectivity index (χ1) is 8.26. The highest BCUT2D eigenvalue weighted by Gasteiger charge is 2.36. The Morgan fingerprint density at radius 1 is 1.17 bits per heavy atom. The van der Waals surface area contributed by atoms with Gasteiger partial charge in [0.1, 0.15) is 5.75 Å². The van der Waals surface area contributed by atoms with Crippen LogP contribution in [-0.4, -0.2) is 5.11 Å². The monoisotopic (exact) mass is 247 g/mol. The van der Waals surface area contributed by atoms with Gasteiger partial charge in [0.2, 0.25) is 0 Å². The molecule has 1 aromatic rings. The van der Waals surface area contributed by atoms with Crippen molar-refractivity contribution in [2.45, 2.75) is 64.3 Å². The lowest BCUT2D eigenvalue weighted by Crippen LogP contribution is -2.34. The Labute approximate surface area is 110 Å². The Balaban J connectivity index is 2.60. The lowest BCUT2D eigenvalue weighted by atomic mass is 9.79. The van der Waals surface area contributed by atoms with E-state index in [-0.39, 0.29) is 11.0 Å². The van der Waals surface area contributed by atoms with Gasteiger partial charge in [-0.1, -0.05) is 45.7 Å². The highest BCUT2D eigenvalue weighted by molar-refractivity contribution is 5.51. The second-order valence-electron chi connectivity index (χ2n) is 6.77. The number of phenolic OH excluding ortho intramolecular Hbond substituents is 1. The fourth-order valence-electron chi connectivity index (χ4n) is 3.18. The molecule has 100 valence electrons. The molecule has 1 saturated carbocycles. The van der Waals surface area contributed by atoms with Crippen molar-refractivity contribution in [1.82, 2.24) is 0 Å². The van der Waals surface area contributed by atoms with E-state index in [0.717, 1.165) is 42.4 Å². The topological polar surface area (TPSA) is 46.2 Å². The molecule has 2 heteroatoms. The number of rotatable bonds is 1. The van der Waals surface area contributed by atoms with E-state index in [9.17, 15) is 5.11 Å². The summed E-state index contributed by atoms with van der Waals surface area (Å²) in [6.07, 6.45) is 4.29. The first kappa shape index (κ1) is 13.4. The summed E-state index contributed by atoms with van der Waals surface area (Å²) in [5, 5.41) is 10.7. The van der Waals surface area contributed by atoms with Crippen molar-refractivity contribution in [3.05, 3.63) is 28.8 Å². The van der Waals surface area contributed by atoms with Crippen LogP contribution in [0.1, 0.15) is 63.1 Å². The minimum absolute atomic E-state index is 0.0541. The zero-order valence-corrected chi connectivity index (χ0v) is 12.0. The van der Waals surface area contributed by atoms with Crippen LogP contribution in [0.4, 0.5) is 0 Å². The number of hydrogen-bond donors (Lipinski definition) is 2. The molecule has 1 fully saturated rings. The standard InChI is InChI=1S/C16H25NO/c1-11-7-8-12(15(2,3)4)14(18)13(11)16(17)9-5-6-10-16/h7-8,18H,5-6,9-10,17H2,1-4H3. The van der Waals surface area contributed by atoms with E-state index in [1.54, 1.807) is 0 Å². The van der Waals surface area contributed by atoms with Crippen LogP contribution in [0.25, 0.3) is 0 Å². The summed E-state index contributed by atoms with van der Waals surface area (Å²) in [4.78, 5) is 0. The van der Waals surface area contributed by atoms with E-state index in [2.05, 4.69) is 33.8 Å². The van der Waals surface area contributed by atoms with Crippen LogP contribution in [0.15, 0.2) is 12.1 Å². The fraction of sp³-hybridized carbons (Fsp3) is 0.625. The van der Waals surface area contributed by atoms with Gasteiger partial charge in [-0.2, -0.15) is 0 Å². The zero-order chi connectivity index (χ0) is 13.6. The third-order valence-electron chi connectivity index (χ3n) is 4.19. The molecule has 0 bridgehead atoms. The van der Waals surface area contributed by atoms with E-state index in [0.29, 0.717) is 5.75 Å². The van der Waals surface area contributed by atoms with Crippen molar-refractivity contribution in [2.24, 2.45) is 5.73 Å². The van der Waals surface area contributed by atoms with Gasteiger partial charge in [0.25, 0.3) is 0 Å². The van der Waals surface area contributed by atoms with Gasteiger partial charge >= 0.3 is 0 Å². The predicted molar refractivity (Wildman–Crippen MR) is 75.9 cm³/mol. The first-order valence-corrected chi connectivity index (χ1v) is 6.88. The molecular formula is C16H25NO. The van der Waals surface area contributed by atoms with Crippen LogP contribution in [0.3, 0.4) is 0 Å². The van der Waals surface area contributed by atoms with Crippen molar-refractivity contribution in [3.63, 3.8) is 0 Å². The lowest BCUT2D eigenvalue weighted by Gasteiger charge is -2.31. The smallest absolute Gasteiger partial charge is 0.124 e. The average Bonchev–Trinajstić information content (AvgIpc) is 2.63. The van der Waals surface area contributed by atoms with Crippen LogP contribution in [0.5, 0.6) is 5.75 Å².